The summed E-state index contributed by atoms with van der Waals surface area (Å²) in [5.41, 5.74) is 5.12. The number of nitrogens with one attached hydrogen (secondary N) is 2. The van der Waals surface area contributed by atoms with Gasteiger partial charge in [0.15, 0.2) is 0 Å². The monoisotopic (exact) mass is 525 g/mol. The van der Waals surface area contributed by atoms with Crippen molar-refractivity contribution < 1.29 is 9.53 Å². The summed E-state index contributed by atoms with van der Waals surface area (Å²) in [7, 11) is 2.10. The Morgan fingerprint density at radius 1 is 1.00 bits per heavy atom. The van der Waals surface area contributed by atoms with E-state index >= 15 is 0 Å². The third-order valence-corrected chi connectivity index (χ3v) is 7.80. The Balaban J connectivity index is 1.24. The van der Waals surface area contributed by atoms with Gasteiger partial charge in [-0.2, -0.15) is 0 Å². The van der Waals surface area contributed by atoms with Gasteiger partial charge in [0, 0.05) is 50.0 Å². The molecule has 2 heterocycles. The first-order valence-corrected chi connectivity index (χ1v) is 13.9. The molecule has 39 heavy (non-hydrogen) atoms. The second-order valence-electron chi connectivity index (χ2n) is 11.8. The number of fused-ring (bicyclic) bond motifs is 1. The van der Waals surface area contributed by atoms with Crippen LogP contribution in [0.1, 0.15) is 49.6 Å². The van der Waals surface area contributed by atoms with Crippen LogP contribution in [0.4, 0.5) is 5.69 Å². The molecule has 0 bridgehead atoms. The first-order chi connectivity index (χ1) is 18.7. The van der Waals surface area contributed by atoms with Crippen LogP contribution in [0.2, 0.25) is 0 Å². The molecule has 0 spiro atoms. The Morgan fingerprint density at radius 2 is 1.77 bits per heavy atom. The molecule has 2 N–H and O–H groups in total. The predicted molar refractivity (Wildman–Crippen MR) is 156 cm³/mol. The van der Waals surface area contributed by atoms with Gasteiger partial charge in [0.2, 0.25) is 5.91 Å². The maximum atomic E-state index is 13.2. The molecule has 1 unspecified atom stereocenters. The molecule has 1 aliphatic carbocycles. The Labute approximate surface area is 231 Å². The first kappa shape index (κ1) is 26.9. The van der Waals surface area contributed by atoms with Crippen molar-refractivity contribution in [3.05, 3.63) is 83.2 Å². The normalized spacial score (nSPS) is 17.8. The van der Waals surface area contributed by atoms with Gasteiger partial charge < -0.3 is 19.9 Å². The molecule has 1 fully saturated rings. The van der Waals surface area contributed by atoms with E-state index < -0.39 is 0 Å². The molecule has 1 atom stereocenters. The molecule has 2 aliphatic rings. The van der Waals surface area contributed by atoms with Gasteiger partial charge in [0.05, 0.1) is 0 Å². The summed E-state index contributed by atoms with van der Waals surface area (Å²) in [6.45, 7) is 10.1. The van der Waals surface area contributed by atoms with Crippen molar-refractivity contribution in [1.82, 2.24) is 14.8 Å². The number of hydrogen-bond donors (Lipinski definition) is 2. The van der Waals surface area contributed by atoms with Gasteiger partial charge in [0.25, 0.3) is 0 Å². The average Bonchev–Trinajstić information content (AvgIpc) is 2.92. The van der Waals surface area contributed by atoms with Crippen LogP contribution in [0.3, 0.4) is 0 Å². The largest absolute Gasteiger partial charge is 0.457 e. The first-order valence-electron chi connectivity index (χ1n) is 13.9. The minimum atomic E-state index is -0.0809. The van der Waals surface area contributed by atoms with E-state index in [4.69, 9.17) is 10.1 Å². The lowest BCUT2D eigenvalue weighted by molar-refractivity contribution is -0.120. The van der Waals surface area contributed by atoms with Gasteiger partial charge in [-0.05, 0) is 78.7 Å². The number of nitrogens with zero attached hydrogens (tertiary/aromatic N) is 3. The van der Waals surface area contributed by atoms with Crippen molar-refractivity contribution in [3.63, 3.8) is 0 Å². The average molecular weight is 526 g/mol. The molecule has 1 aromatic heterocycles. The third-order valence-electron chi connectivity index (χ3n) is 7.80. The molecule has 3 aromatic rings. The van der Waals surface area contributed by atoms with Crippen LogP contribution in [0.5, 0.6) is 11.5 Å². The van der Waals surface area contributed by atoms with Crippen LogP contribution in [0, 0.1) is 11.3 Å². The predicted octanol–water partition coefficient (Wildman–Crippen LogP) is 5.49. The molecule has 1 saturated heterocycles. The van der Waals surface area contributed by atoms with Crippen LogP contribution in [0.25, 0.3) is 0 Å². The lowest BCUT2D eigenvalue weighted by atomic mass is 9.83. The van der Waals surface area contributed by atoms with E-state index in [0.29, 0.717) is 23.7 Å². The van der Waals surface area contributed by atoms with Crippen molar-refractivity contribution in [2.75, 3.05) is 38.5 Å². The van der Waals surface area contributed by atoms with E-state index in [9.17, 15) is 4.79 Å². The summed E-state index contributed by atoms with van der Waals surface area (Å²) >= 11 is 0. The van der Waals surface area contributed by atoms with E-state index in [0.717, 1.165) is 56.0 Å². The van der Waals surface area contributed by atoms with Gasteiger partial charge in [-0.15, -0.1) is 0 Å². The number of likely N-dealkylation sites (N-methyl/N-ethyl adjacent to an activating group) is 1. The zero-order valence-electron chi connectivity index (χ0n) is 23.5. The van der Waals surface area contributed by atoms with E-state index in [1.807, 2.05) is 30.3 Å². The summed E-state index contributed by atoms with van der Waals surface area (Å²) in [5.74, 6) is 1.81. The molecule has 1 aliphatic heterocycles. The highest BCUT2D eigenvalue weighted by atomic mass is 16.5. The molecule has 0 radical (unpaired) electrons. The van der Waals surface area contributed by atoms with Crippen LogP contribution in [-0.2, 0) is 23.1 Å². The van der Waals surface area contributed by atoms with Crippen LogP contribution >= 0.6 is 0 Å². The molecule has 5 rings (SSSR count). The summed E-state index contributed by atoms with van der Waals surface area (Å²) in [6.07, 6.45) is 4.09. The minimum Gasteiger partial charge on any atom is -0.457 e. The summed E-state index contributed by atoms with van der Waals surface area (Å²) < 4.78 is 6.21. The summed E-state index contributed by atoms with van der Waals surface area (Å²) in [4.78, 5) is 21.9. The fourth-order valence-corrected chi connectivity index (χ4v) is 5.26. The van der Waals surface area contributed by atoms with Crippen molar-refractivity contribution in [2.45, 2.75) is 45.4 Å². The second-order valence-corrected chi connectivity index (χ2v) is 11.8. The Hall–Kier alpha value is -3.71. The number of aromatic nitrogens is 1. The highest BCUT2D eigenvalue weighted by Gasteiger charge is 2.26. The fourth-order valence-electron chi connectivity index (χ4n) is 5.26. The topological polar surface area (TPSA) is 81.5 Å². The maximum Gasteiger partial charge on any atom is 0.227 e. The molecule has 2 aromatic carbocycles. The zero-order chi connectivity index (χ0) is 27.6. The molecule has 0 saturated carbocycles. The number of amides is 1. The lowest BCUT2D eigenvalue weighted by Crippen LogP contribution is -2.47. The number of ether oxygens (including phenoxy) is 1. The molecular weight excluding hydrogens is 486 g/mol. The summed E-state index contributed by atoms with van der Waals surface area (Å²) in [6, 6.07) is 18.0. The molecule has 1 amide bonds. The van der Waals surface area contributed by atoms with Crippen LogP contribution in [-0.4, -0.2) is 59.8 Å². The van der Waals surface area contributed by atoms with Crippen molar-refractivity contribution in [3.8, 4) is 11.5 Å². The van der Waals surface area contributed by atoms with E-state index in [2.05, 4.69) is 72.2 Å². The maximum absolute atomic E-state index is 13.2. The van der Waals surface area contributed by atoms with Crippen molar-refractivity contribution in [2.24, 2.45) is 5.92 Å². The number of amidine groups is 1. The Bertz CT molecular complexity index is 1350. The van der Waals surface area contributed by atoms with E-state index in [1.165, 1.54) is 11.1 Å². The van der Waals surface area contributed by atoms with Gasteiger partial charge in [-0.3, -0.25) is 15.2 Å². The molecule has 7 nitrogen and oxygen atoms in total. The number of hydrogen-bond acceptors (Lipinski definition) is 5. The van der Waals surface area contributed by atoms with Crippen LogP contribution < -0.4 is 10.1 Å². The van der Waals surface area contributed by atoms with Gasteiger partial charge in [-0.25, -0.2) is 0 Å². The number of piperazine rings is 1. The van der Waals surface area contributed by atoms with Crippen molar-refractivity contribution in [1.29, 1.82) is 5.41 Å². The SMILES string of the molecule is CN1CCN(C(=N)c2cc(Oc3ccc4c(c3)CC(C(=O)Nc3cccc(C(C)(C)C)c3)CC4)ccn2)CC1. The highest BCUT2D eigenvalue weighted by Crippen LogP contribution is 2.32. The summed E-state index contributed by atoms with van der Waals surface area (Å²) in [5, 5.41) is 11.8. The number of carbonyl (C=O) groups excluding carboxylic acids is 1. The number of anilines is 1. The zero-order valence-corrected chi connectivity index (χ0v) is 23.5. The number of aryl methyl sites for hydroxylation is 1. The smallest absolute Gasteiger partial charge is 0.227 e. The standard InChI is InChI=1S/C32H39N5O2/c1-32(2,3)25-6-5-7-26(20-25)35-31(38)23-9-8-22-10-11-27(19-24(22)18-23)39-28-12-13-34-29(21-28)30(33)37-16-14-36(4)15-17-37/h5-7,10-13,19-21,23,33H,8-9,14-18H2,1-4H3,(H,35,38). The lowest BCUT2D eigenvalue weighted by Gasteiger charge is -2.33. The van der Waals surface area contributed by atoms with Crippen molar-refractivity contribution >= 4 is 17.4 Å². The highest BCUT2D eigenvalue weighted by molar-refractivity contribution is 5.95. The van der Waals surface area contributed by atoms with Gasteiger partial charge in [0.1, 0.15) is 23.0 Å². The number of carbonyl (C=O) groups is 1. The van der Waals surface area contributed by atoms with Crippen LogP contribution in [0.15, 0.2) is 60.8 Å². The fraction of sp³-hybridized carbons (Fsp3) is 0.406. The third kappa shape index (κ3) is 6.48. The molecular formula is C32H39N5O2. The number of pyridine rings is 1. The second kappa shape index (κ2) is 11.2. The Morgan fingerprint density at radius 3 is 2.54 bits per heavy atom. The van der Waals surface area contributed by atoms with E-state index in [1.54, 1.807) is 6.20 Å². The minimum absolute atomic E-state index is 0.0291. The number of benzene rings is 2. The number of rotatable bonds is 5. The quantitative estimate of drug-likeness (QED) is 0.340. The molecule has 204 valence electrons. The molecule has 7 heteroatoms. The van der Waals surface area contributed by atoms with E-state index in [-0.39, 0.29) is 17.2 Å². The Kier molecular flexibility index (Phi) is 7.71. The van der Waals surface area contributed by atoms with Gasteiger partial charge >= 0.3 is 0 Å². The van der Waals surface area contributed by atoms with Gasteiger partial charge in [-0.1, -0.05) is 39.0 Å².